The molecular formula is C17H21NS. The summed E-state index contributed by atoms with van der Waals surface area (Å²) in [6.45, 7) is 8.75. The summed E-state index contributed by atoms with van der Waals surface area (Å²) < 4.78 is 0. The molecule has 2 aromatic carbocycles. The second kappa shape index (κ2) is 5.30. The number of nitrogens with two attached hydrogens (primary N) is 1. The highest BCUT2D eigenvalue weighted by molar-refractivity contribution is 7.99. The van der Waals surface area contributed by atoms with Gasteiger partial charge in [0, 0.05) is 15.5 Å². The van der Waals surface area contributed by atoms with Crippen LogP contribution in [0.1, 0.15) is 31.9 Å². The van der Waals surface area contributed by atoms with E-state index in [1.807, 2.05) is 13.0 Å². The van der Waals surface area contributed by atoms with Crippen LogP contribution in [0.2, 0.25) is 0 Å². The number of anilines is 1. The Kier molecular flexibility index (Phi) is 3.91. The SMILES string of the molecule is Cc1cc(Sc2ccc(C(C)(C)C)cc2)ccc1N. The van der Waals surface area contributed by atoms with Gasteiger partial charge < -0.3 is 5.73 Å². The van der Waals surface area contributed by atoms with Crippen LogP contribution in [0, 0.1) is 6.92 Å². The van der Waals surface area contributed by atoms with Crippen LogP contribution >= 0.6 is 11.8 Å². The molecular weight excluding hydrogens is 250 g/mol. The molecule has 100 valence electrons. The fourth-order valence-corrected chi connectivity index (χ4v) is 2.79. The van der Waals surface area contributed by atoms with E-state index in [2.05, 4.69) is 57.2 Å². The van der Waals surface area contributed by atoms with Crippen LogP contribution in [0.25, 0.3) is 0 Å². The van der Waals surface area contributed by atoms with Crippen molar-refractivity contribution >= 4 is 17.4 Å². The highest BCUT2D eigenvalue weighted by Crippen LogP contribution is 2.31. The molecule has 0 aliphatic heterocycles. The van der Waals surface area contributed by atoms with Crippen molar-refractivity contribution in [2.75, 3.05) is 5.73 Å². The zero-order valence-electron chi connectivity index (χ0n) is 12.0. The first-order valence-corrected chi connectivity index (χ1v) is 7.32. The third-order valence-corrected chi connectivity index (χ3v) is 4.19. The topological polar surface area (TPSA) is 26.0 Å². The normalized spacial score (nSPS) is 11.6. The molecule has 0 radical (unpaired) electrons. The van der Waals surface area contributed by atoms with Crippen molar-refractivity contribution in [1.82, 2.24) is 0 Å². The van der Waals surface area contributed by atoms with E-state index >= 15 is 0 Å². The first-order chi connectivity index (χ1) is 8.86. The van der Waals surface area contributed by atoms with Crippen LogP contribution < -0.4 is 5.73 Å². The number of benzene rings is 2. The van der Waals surface area contributed by atoms with Gasteiger partial charge in [-0.3, -0.25) is 0 Å². The summed E-state index contributed by atoms with van der Waals surface area (Å²) in [6.07, 6.45) is 0. The van der Waals surface area contributed by atoms with Crippen LogP contribution in [-0.4, -0.2) is 0 Å². The van der Waals surface area contributed by atoms with Gasteiger partial charge >= 0.3 is 0 Å². The molecule has 0 atom stereocenters. The second-order valence-electron chi connectivity index (χ2n) is 5.89. The Bertz CT molecular complexity index is 565. The van der Waals surface area contributed by atoms with Gasteiger partial charge in [-0.2, -0.15) is 0 Å². The van der Waals surface area contributed by atoms with Crippen molar-refractivity contribution in [1.29, 1.82) is 0 Å². The molecule has 0 heterocycles. The molecule has 0 bridgehead atoms. The molecule has 2 rings (SSSR count). The number of hydrogen-bond acceptors (Lipinski definition) is 2. The van der Waals surface area contributed by atoms with Gasteiger partial charge in [-0.05, 0) is 53.8 Å². The molecule has 19 heavy (non-hydrogen) atoms. The minimum absolute atomic E-state index is 0.209. The molecule has 2 N–H and O–H groups in total. The van der Waals surface area contributed by atoms with E-state index in [1.165, 1.54) is 15.4 Å². The molecule has 0 spiro atoms. The maximum atomic E-state index is 5.84. The van der Waals surface area contributed by atoms with Gasteiger partial charge in [-0.15, -0.1) is 0 Å². The van der Waals surface area contributed by atoms with E-state index in [1.54, 1.807) is 11.8 Å². The van der Waals surface area contributed by atoms with Crippen molar-refractivity contribution in [2.45, 2.75) is 42.9 Å². The zero-order valence-corrected chi connectivity index (χ0v) is 12.8. The minimum Gasteiger partial charge on any atom is -0.399 e. The van der Waals surface area contributed by atoms with Crippen LogP contribution in [0.5, 0.6) is 0 Å². The van der Waals surface area contributed by atoms with Crippen molar-refractivity contribution in [2.24, 2.45) is 0 Å². The van der Waals surface area contributed by atoms with Gasteiger partial charge in [0.25, 0.3) is 0 Å². The predicted molar refractivity (Wildman–Crippen MR) is 84.9 cm³/mol. The molecule has 0 saturated carbocycles. The van der Waals surface area contributed by atoms with Gasteiger partial charge in [-0.25, -0.2) is 0 Å². The molecule has 0 aliphatic rings. The van der Waals surface area contributed by atoms with Crippen molar-refractivity contribution in [3.8, 4) is 0 Å². The van der Waals surface area contributed by atoms with Gasteiger partial charge in [0.05, 0.1) is 0 Å². The highest BCUT2D eigenvalue weighted by atomic mass is 32.2. The van der Waals surface area contributed by atoms with Crippen molar-refractivity contribution < 1.29 is 0 Å². The molecule has 1 nitrogen and oxygen atoms in total. The van der Waals surface area contributed by atoms with Crippen LogP contribution in [0.4, 0.5) is 5.69 Å². The molecule has 2 aromatic rings. The molecule has 2 heteroatoms. The molecule has 0 aromatic heterocycles. The third-order valence-electron chi connectivity index (χ3n) is 3.20. The fraction of sp³-hybridized carbons (Fsp3) is 0.294. The maximum Gasteiger partial charge on any atom is 0.0344 e. The van der Waals surface area contributed by atoms with E-state index in [4.69, 9.17) is 5.73 Å². The summed E-state index contributed by atoms with van der Waals surface area (Å²) in [5, 5.41) is 0. The van der Waals surface area contributed by atoms with Crippen LogP contribution in [0.3, 0.4) is 0 Å². The van der Waals surface area contributed by atoms with E-state index in [-0.39, 0.29) is 5.41 Å². The molecule has 0 aliphatic carbocycles. The average molecular weight is 271 g/mol. The molecule has 0 amide bonds. The number of nitrogen functional groups attached to an aromatic ring is 1. The monoisotopic (exact) mass is 271 g/mol. The molecule has 0 fully saturated rings. The Morgan fingerprint density at radius 2 is 1.47 bits per heavy atom. The lowest BCUT2D eigenvalue weighted by molar-refractivity contribution is 0.590. The van der Waals surface area contributed by atoms with Crippen LogP contribution in [0.15, 0.2) is 52.3 Å². The summed E-state index contributed by atoms with van der Waals surface area (Å²) >= 11 is 1.77. The smallest absolute Gasteiger partial charge is 0.0344 e. The highest BCUT2D eigenvalue weighted by Gasteiger charge is 2.12. The lowest BCUT2D eigenvalue weighted by Gasteiger charge is -2.19. The summed E-state index contributed by atoms with van der Waals surface area (Å²) in [7, 11) is 0. The first kappa shape index (κ1) is 14.0. The minimum atomic E-state index is 0.209. The fourth-order valence-electron chi connectivity index (χ4n) is 1.87. The Hall–Kier alpha value is -1.41. The summed E-state index contributed by atoms with van der Waals surface area (Å²) in [5.41, 5.74) is 9.41. The third kappa shape index (κ3) is 3.54. The quantitative estimate of drug-likeness (QED) is 0.776. The average Bonchev–Trinajstić information content (AvgIpc) is 2.33. The number of aryl methyl sites for hydroxylation is 1. The zero-order chi connectivity index (χ0) is 14.0. The van der Waals surface area contributed by atoms with Gasteiger partial charge in [0.1, 0.15) is 0 Å². The number of hydrogen-bond donors (Lipinski definition) is 1. The second-order valence-corrected chi connectivity index (χ2v) is 7.04. The summed E-state index contributed by atoms with van der Waals surface area (Å²) in [5.74, 6) is 0. The Morgan fingerprint density at radius 1 is 0.895 bits per heavy atom. The lowest BCUT2D eigenvalue weighted by Crippen LogP contribution is -2.10. The van der Waals surface area contributed by atoms with Crippen molar-refractivity contribution in [3.63, 3.8) is 0 Å². The first-order valence-electron chi connectivity index (χ1n) is 6.51. The Labute approximate surface area is 120 Å². The largest absolute Gasteiger partial charge is 0.399 e. The summed E-state index contributed by atoms with van der Waals surface area (Å²) in [4.78, 5) is 2.49. The van der Waals surface area contributed by atoms with Gasteiger partial charge in [0.15, 0.2) is 0 Å². The Balaban J connectivity index is 2.17. The van der Waals surface area contributed by atoms with Crippen LogP contribution in [-0.2, 0) is 5.41 Å². The van der Waals surface area contributed by atoms with E-state index < -0.39 is 0 Å². The van der Waals surface area contributed by atoms with Gasteiger partial charge in [-0.1, -0.05) is 44.7 Å². The Morgan fingerprint density at radius 3 is 2.00 bits per heavy atom. The summed E-state index contributed by atoms with van der Waals surface area (Å²) in [6, 6.07) is 15.0. The van der Waals surface area contributed by atoms with E-state index in [0.29, 0.717) is 0 Å². The molecule has 0 unspecified atom stereocenters. The maximum absolute atomic E-state index is 5.84. The van der Waals surface area contributed by atoms with E-state index in [0.717, 1.165) is 11.3 Å². The van der Waals surface area contributed by atoms with Gasteiger partial charge in [0.2, 0.25) is 0 Å². The molecule has 0 saturated heterocycles. The standard InChI is InChI=1S/C17H21NS/c1-12-11-15(9-10-16(12)18)19-14-7-5-13(6-8-14)17(2,3)4/h5-11H,18H2,1-4H3. The van der Waals surface area contributed by atoms with E-state index in [9.17, 15) is 0 Å². The predicted octanol–water partition coefficient (Wildman–Crippen LogP) is 5.03. The number of rotatable bonds is 2. The lowest BCUT2D eigenvalue weighted by atomic mass is 9.87. The van der Waals surface area contributed by atoms with Crippen molar-refractivity contribution in [3.05, 3.63) is 53.6 Å².